The molecule has 0 aliphatic carbocycles. The molecule has 24 heavy (non-hydrogen) atoms. The van der Waals surface area contributed by atoms with Gasteiger partial charge in [-0.25, -0.2) is 8.42 Å². The van der Waals surface area contributed by atoms with Gasteiger partial charge in [-0.2, -0.15) is 0 Å². The second-order valence-corrected chi connectivity index (χ2v) is 7.84. The molecule has 0 spiro atoms. The molecular weight excluding hydrogens is 324 g/mol. The number of hydrogen-bond donors (Lipinski definition) is 0. The third-order valence-electron chi connectivity index (χ3n) is 3.76. The van der Waals surface area contributed by atoms with Gasteiger partial charge < -0.3 is 4.74 Å². The van der Waals surface area contributed by atoms with Crippen LogP contribution in [-0.2, 0) is 14.6 Å². The SMILES string of the molecule is CCCCC(CC(=O)Oc1ccccc1)S(=O)(=O)c1ccccc1. The normalized spacial score (nSPS) is 12.5. The minimum absolute atomic E-state index is 0.147. The van der Waals surface area contributed by atoms with E-state index in [1.54, 1.807) is 54.6 Å². The van der Waals surface area contributed by atoms with Gasteiger partial charge in [-0.05, 0) is 30.7 Å². The number of carbonyl (C=O) groups is 1. The van der Waals surface area contributed by atoms with Crippen molar-refractivity contribution in [3.8, 4) is 5.75 Å². The fourth-order valence-corrected chi connectivity index (χ4v) is 4.20. The van der Waals surface area contributed by atoms with Crippen molar-refractivity contribution in [2.75, 3.05) is 0 Å². The second kappa shape index (κ2) is 8.64. The summed E-state index contributed by atoms with van der Waals surface area (Å²) >= 11 is 0. The van der Waals surface area contributed by atoms with Crippen LogP contribution in [0.15, 0.2) is 65.6 Å². The number of hydrogen-bond acceptors (Lipinski definition) is 4. The van der Waals surface area contributed by atoms with E-state index in [-0.39, 0.29) is 11.3 Å². The van der Waals surface area contributed by atoms with E-state index < -0.39 is 21.1 Å². The highest BCUT2D eigenvalue weighted by Gasteiger charge is 2.29. The number of carbonyl (C=O) groups excluding carboxylic acids is 1. The van der Waals surface area contributed by atoms with Crippen LogP contribution in [0.5, 0.6) is 5.75 Å². The van der Waals surface area contributed by atoms with Gasteiger partial charge in [-0.1, -0.05) is 56.2 Å². The van der Waals surface area contributed by atoms with E-state index in [0.717, 1.165) is 12.8 Å². The highest BCUT2D eigenvalue weighted by Crippen LogP contribution is 2.23. The predicted molar refractivity (Wildman–Crippen MR) is 93.6 cm³/mol. The number of rotatable bonds is 8. The van der Waals surface area contributed by atoms with Gasteiger partial charge in [0.15, 0.2) is 9.84 Å². The zero-order chi connectivity index (χ0) is 17.4. The van der Waals surface area contributed by atoms with Gasteiger partial charge in [0.2, 0.25) is 0 Å². The molecule has 2 rings (SSSR count). The van der Waals surface area contributed by atoms with E-state index in [4.69, 9.17) is 4.74 Å². The van der Waals surface area contributed by atoms with Crippen LogP contribution < -0.4 is 4.74 Å². The summed E-state index contributed by atoms with van der Waals surface area (Å²) in [5.74, 6) is -0.101. The molecule has 0 N–H and O–H groups in total. The molecule has 0 aliphatic rings. The molecule has 0 bridgehead atoms. The maximum Gasteiger partial charge on any atom is 0.312 e. The molecule has 0 saturated heterocycles. The van der Waals surface area contributed by atoms with E-state index in [1.807, 2.05) is 13.0 Å². The number of benzene rings is 2. The third kappa shape index (κ3) is 4.93. The van der Waals surface area contributed by atoms with Crippen molar-refractivity contribution in [1.82, 2.24) is 0 Å². The van der Waals surface area contributed by atoms with E-state index in [9.17, 15) is 13.2 Å². The molecule has 2 aromatic rings. The average Bonchev–Trinajstić information content (AvgIpc) is 2.60. The summed E-state index contributed by atoms with van der Waals surface area (Å²) in [5.41, 5.74) is 0. The lowest BCUT2D eigenvalue weighted by Gasteiger charge is -2.17. The van der Waals surface area contributed by atoms with Gasteiger partial charge in [0, 0.05) is 0 Å². The molecule has 2 aromatic carbocycles. The van der Waals surface area contributed by atoms with Crippen LogP contribution >= 0.6 is 0 Å². The van der Waals surface area contributed by atoms with Crippen LogP contribution in [0.2, 0.25) is 0 Å². The summed E-state index contributed by atoms with van der Waals surface area (Å²) in [6, 6.07) is 17.0. The minimum Gasteiger partial charge on any atom is -0.426 e. The van der Waals surface area contributed by atoms with Gasteiger partial charge in [0.1, 0.15) is 5.75 Å². The van der Waals surface area contributed by atoms with Crippen molar-refractivity contribution in [2.45, 2.75) is 42.8 Å². The van der Waals surface area contributed by atoms with E-state index in [0.29, 0.717) is 12.2 Å². The molecule has 4 nitrogen and oxygen atoms in total. The Morgan fingerprint density at radius 2 is 1.58 bits per heavy atom. The number of ether oxygens (including phenoxy) is 1. The molecule has 0 amide bonds. The van der Waals surface area contributed by atoms with Crippen LogP contribution in [-0.4, -0.2) is 19.6 Å². The van der Waals surface area contributed by atoms with Crippen LogP contribution in [0.4, 0.5) is 0 Å². The molecule has 1 unspecified atom stereocenters. The lowest BCUT2D eigenvalue weighted by Crippen LogP contribution is -2.27. The molecule has 1 atom stereocenters. The first-order valence-corrected chi connectivity index (χ1v) is 9.63. The van der Waals surface area contributed by atoms with Crippen molar-refractivity contribution in [1.29, 1.82) is 0 Å². The largest absolute Gasteiger partial charge is 0.426 e. The molecule has 0 aliphatic heterocycles. The van der Waals surface area contributed by atoms with Crippen LogP contribution in [0.3, 0.4) is 0 Å². The first kappa shape index (κ1) is 18.2. The fraction of sp³-hybridized carbons (Fsp3) is 0.316. The highest BCUT2D eigenvalue weighted by atomic mass is 32.2. The minimum atomic E-state index is -3.56. The Hall–Kier alpha value is -2.14. The van der Waals surface area contributed by atoms with E-state index in [1.165, 1.54) is 0 Å². The Morgan fingerprint density at radius 3 is 2.17 bits per heavy atom. The average molecular weight is 346 g/mol. The smallest absolute Gasteiger partial charge is 0.312 e. The molecule has 0 heterocycles. The quantitative estimate of drug-likeness (QED) is 0.535. The zero-order valence-corrected chi connectivity index (χ0v) is 14.5. The van der Waals surface area contributed by atoms with Gasteiger partial charge in [0.25, 0.3) is 0 Å². The zero-order valence-electron chi connectivity index (χ0n) is 13.7. The number of sulfone groups is 1. The topological polar surface area (TPSA) is 60.4 Å². The standard InChI is InChI=1S/C19H22O4S/c1-2-3-12-18(24(21,22)17-13-8-5-9-14-17)15-19(20)23-16-10-6-4-7-11-16/h4-11,13-14,18H,2-3,12,15H2,1H3. The van der Waals surface area contributed by atoms with Crippen molar-refractivity contribution >= 4 is 15.8 Å². The maximum atomic E-state index is 12.8. The van der Waals surface area contributed by atoms with E-state index >= 15 is 0 Å². The summed E-state index contributed by atoms with van der Waals surface area (Å²) in [6.45, 7) is 1.99. The predicted octanol–water partition coefficient (Wildman–Crippen LogP) is 4.01. The van der Waals surface area contributed by atoms with Gasteiger partial charge >= 0.3 is 5.97 Å². The molecular formula is C19H22O4S. The lowest BCUT2D eigenvalue weighted by atomic mass is 10.1. The number of para-hydroxylation sites is 1. The monoisotopic (exact) mass is 346 g/mol. The highest BCUT2D eigenvalue weighted by molar-refractivity contribution is 7.92. The summed E-state index contributed by atoms with van der Waals surface area (Å²) in [7, 11) is -3.56. The van der Waals surface area contributed by atoms with Gasteiger partial charge in [-0.3, -0.25) is 4.79 Å². The third-order valence-corrected chi connectivity index (χ3v) is 5.97. The van der Waals surface area contributed by atoms with Gasteiger partial charge in [0.05, 0.1) is 16.6 Å². The Labute approximate surface area is 143 Å². The molecule has 128 valence electrons. The molecule has 0 radical (unpaired) electrons. The summed E-state index contributed by atoms with van der Waals surface area (Å²) in [6.07, 6.45) is 1.91. The Bertz CT molecular complexity index is 739. The van der Waals surface area contributed by atoms with Crippen molar-refractivity contribution < 1.29 is 17.9 Å². The Balaban J connectivity index is 2.14. The number of esters is 1. The Kier molecular flexibility index (Phi) is 6.55. The van der Waals surface area contributed by atoms with Crippen LogP contribution in [0, 0.1) is 0 Å². The second-order valence-electron chi connectivity index (χ2n) is 5.61. The first-order valence-electron chi connectivity index (χ1n) is 8.08. The van der Waals surface area contributed by atoms with Crippen LogP contribution in [0.25, 0.3) is 0 Å². The maximum absolute atomic E-state index is 12.8. The molecule has 5 heteroatoms. The summed E-state index contributed by atoms with van der Waals surface area (Å²) in [5, 5.41) is -0.768. The van der Waals surface area contributed by atoms with Crippen molar-refractivity contribution in [3.63, 3.8) is 0 Å². The summed E-state index contributed by atoms with van der Waals surface area (Å²) in [4.78, 5) is 12.4. The first-order chi connectivity index (χ1) is 11.5. The van der Waals surface area contributed by atoms with E-state index in [2.05, 4.69) is 0 Å². The lowest BCUT2D eigenvalue weighted by molar-refractivity contribution is -0.134. The summed E-state index contributed by atoms with van der Waals surface area (Å²) < 4.78 is 30.9. The van der Waals surface area contributed by atoms with Crippen molar-refractivity contribution in [2.24, 2.45) is 0 Å². The molecule has 0 fully saturated rings. The fourth-order valence-electron chi connectivity index (χ4n) is 2.45. The molecule has 0 saturated carbocycles. The Morgan fingerprint density at radius 1 is 1.00 bits per heavy atom. The van der Waals surface area contributed by atoms with Gasteiger partial charge in [-0.15, -0.1) is 0 Å². The molecule has 0 aromatic heterocycles. The van der Waals surface area contributed by atoms with Crippen molar-refractivity contribution in [3.05, 3.63) is 60.7 Å². The number of unbranched alkanes of at least 4 members (excludes halogenated alkanes) is 1. The van der Waals surface area contributed by atoms with Crippen LogP contribution in [0.1, 0.15) is 32.6 Å².